The number of nitrogens with zero attached hydrogens (tertiary/aromatic N) is 2. The molecule has 1 fully saturated rings. The summed E-state index contributed by atoms with van der Waals surface area (Å²) < 4.78 is 0. The van der Waals surface area contributed by atoms with E-state index >= 15 is 0 Å². The third kappa shape index (κ3) is 17.1. The molecule has 6 amide bonds. The molecule has 0 aromatic carbocycles. The Hall–Kier alpha value is -3.26. The van der Waals surface area contributed by atoms with Crippen molar-refractivity contribution in [2.75, 3.05) is 67.5 Å². The van der Waals surface area contributed by atoms with Gasteiger partial charge in [-0.05, 0) is 45.2 Å². The van der Waals surface area contributed by atoms with Crippen LogP contribution in [0.15, 0.2) is 0 Å². The van der Waals surface area contributed by atoms with Crippen molar-refractivity contribution in [2.24, 2.45) is 0 Å². The summed E-state index contributed by atoms with van der Waals surface area (Å²) in [5.74, 6) is -0.472. The van der Waals surface area contributed by atoms with Gasteiger partial charge in [-0.3, -0.25) is 28.8 Å². The third-order valence-electron chi connectivity index (χ3n) is 7.94. The Morgan fingerprint density at radius 2 is 0.795 bits per heavy atom. The fourth-order valence-corrected chi connectivity index (χ4v) is 5.01. The van der Waals surface area contributed by atoms with Crippen LogP contribution in [0.5, 0.6) is 0 Å². The molecule has 1 heterocycles. The van der Waals surface area contributed by atoms with Gasteiger partial charge in [0.05, 0.1) is 0 Å². The minimum atomic E-state index is -0.556. The molecule has 0 radical (unpaired) electrons. The first-order valence-electron chi connectivity index (χ1n) is 16.0. The van der Waals surface area contributed by atoms with Crippen molar-refractivity contribution in [3.63, 3.8) is 0 Å². The fourth-order valence-electron chi connectivity index (χ4n) is 5.01. The summed E-state index contributed by atoms with van der Waals surface area (Å²) in [7, 11) is 6.42. The highest BCUT2D eigenvalue weighted by atomic mass is 16.2. The second-order valence-corrected chi connectivity index (χ2v) is 11.2. The number of unbranched alkanes of at least 4 members (excludes halogenated alkanes) is 4. The quantitative estimate of drug-likeness (QED) is 0.0758. The Bertz CT molecular complexity index is 878. The summed E-state index contributed by atoms with van der Waals surface area (Å²) >= 11 is 0. The van der Waals surface area contributed by atoms with E-state index in [4.69, 9.17) is 0 Å². The lowest BCUT2D eigenvalue weighted by Gasteiger charge is -2.30. The zero-order valence-electron chi connectivity index (χ0n) is 27.2. The van der Waals surface area contributed by atoms with Gasteiger partial charge in [0.2, 0.25) is 35.4 Å². The van der Waals surface area contributed by atoms with Crippen molar-refractivity contribution < 1.29 is 28.8 Å². The van der Waals surface area contributed by atoms with E-state index in [-0.39, 0.29) is 35.4 Å². The monoisotopic (exact) mass is 624 g/mol. The van der Waals surface area contributed by atoms with Gasteiger partial charge in [0.25, 0.3) is 0 Å². The number of rotatable bonds is 24. The lowest BCUT2D eigenvalue weighted by Crippen LogP contribution is -2.61. The number of amides is 6. The van der Waals surface area contributed by atoms with Gasteiger partial charge in [0.15, 0.2) is 0 Å². The molecular weight excluding hydrogens is 568 g/mol. The van der Waals surface area contributed by atoms with Crippen molar-refractivity contribution in [1.82, 2.24) is 41.7 Å². The predicted octanol–water partition coefficient (Wildman–Crippen LogP) is -0.761. The Morgan fingerprint density at radius 1 is 0.500 bits per heavy atom. The standard InChI is InChI=1S/C30H56N8O6/c1-31-25(39)13-19-37(20-14-26(40)32-2)17-9-6-5-7-11-23-29(43)36-24(30(44)35-23)12-8-10-18-38(21-15-27(41)33-3)22-16-28(42)34-4/h23-24H,5-22H2,1-4H3,(H,31,39)(H,32,40)(H,33,41)(H,34,42)(H,35,44)(H,36,43). The van der Waals surface area contributed by atoms with Crippen molar-refractivity contribution in [2.45, 2.75) is 89.1 Å². The van der Waals surface area contributed by atoms with Crippen LogP contribution in [0, 0.1) is 0 Å². The maximum Gasteiger partial charge on any atom is 0.243 e. The highest BCUT2D eigenvalue weighted by Crippen LogP contribution is 2.13. The Labute approximate surface area is 262 Å². The zero-order chi connectivity index (χ0) is 32.7. The summed E-state index contributed by atoms with van der Waals surface area (Å²) in [5, 5.41) is 16.2. The summed E-state index contributed by atoms with van der Waals surface area (Å²) in [4.78, 5) is 76.1. The van der Waals surface area contributed by atoms with Crippen LogP contribution < -0.4 is 31.9 Å². The smallest absolute Gasteiger partial charge is 0.243 e. The van der Waals surface area contributed by atoms with Gasteiger partial charge < -0.3 is 41.7 Å². The molecule has 0 bridgehead atoms. The van der Waals surface area contributed by atoms with Gasteiger partial charge in [0.1, 0.15) is 12.1 Å². The number of hydrogen-bond donors (Lipinski definition) is 6. The molecule has 0 aromatic rings. The Balaban J connectivity index is 2.34. The van der Waals surface area contributed by atoms with Crippen LogP contribution in [-0.2, 0) is 28.8 Å². The first-order valence-corrected chi connectivity index (χ1v) is 16.0. The molecule has 14 heteroatoms. The van der Waals surface area contributed by atoms with Crippen LogP contribution in [0.1, 0.15) is 77.0 Å². The second-order valence-electron chi connectivity index (χ2n) is 11.2. The molecule has 2 atom stereocenters. The fraction of sp³-hybridized carbons (Fsp3) is 0.800. The molecule has 44 heavy (non-hydrogen) atoms. The SMILES string of the molecule is CNC(=O)CCN(CCCCCCC1NC(=O)C(CCCCN(CCC(=O)NC)CCC(=O)NC)NC1=O)CCC(=O)NC. The third-order valence-corrected chi connectivity index (χ3v) is 7.94. The van der Waals surface area contributed by atoms with E-state index in [1.54, 1.807) is 28.2 Å². The molecular formula is C30H56N8O6. The van der Waals surface area contributed by atoms with Crippen molar-refractivity contribution in [3.05, 3.63) is 0 Å². The van der Waals surface area contributed by atoms with Gasteiger partial charge in [-0.1, -0.05) is 19.3 Å². The molecule has 0 aromatic heterocycles. The lowest BCUT2D eigenvalue weighted by atomic mass is 10.0. The van der Waals surface area contributed by atoms with Crippen LogP contribution in [0.3, 0.4) is 0 Å². The largest absolute Gasteiger partial charge is 0.359 e. The van der Waals surface area contributed by atoms with Gasteiger partial charge in [-0.25, -0.2) is 0 Å². The Morgan fingerprint density at radius 3 is 1.14 bits per heavy atom. The molecule has 1 aliphatic heterocycles. The van der Waals surface area contributed by atoms with Gasteiger partial charge >= 0.3 is 0 Å². The van der Waals surface area contributed by atoms with Crippen LogP contribution in [0.4, 0.5) is 0 Å². The number of piperazine rings is 1. The Kier molecular flexibility index (Phi) is 20.4. The first kappa shape index (κ1) is 38.8. The van der Waals surface area contributed by atoms with E-state index in [1.807, 2.05) is 0 Å². The summed E-state index contributed by atoms with van der Waals surface area (Å²) in [6, 6.07) is -1.08. The van der Waals surface area contributed by atoms with Crippen LogP contribution in [-0.4, -0.2) is 125 Å². The molecule has 252 valence electrons. The summed E-state index contributed by atoms with van der Waals surface area (Å²) in [5.41, 5.74) is 0. The molecule has 0 spiro atoms. The second kappa shape index (κ2) is 23.2. The van der Waals surface area contributed by atoms with E-state index in [0.717, 1.165) is 45.1 Å². The minimum absolute atomic E-state index is 0.0272. The van der Waals surface area contributed by atoms with Crippen LogP contribution in [0.25, 0.3) is 0 Å². The molecule has 1 aliphatic rings. The maximum atomic E-state index is 12.7. The molecule has 1 rings (SSSR count). The van der Waals surface area contributed by atoms with Gasteiger partial charge in [0, 0.05) is 80.1 Å². The van der Waals surface area contributed by atoms with Crippen molar-refractivity contribution >= 4 is 35.4 Å². The van der Waals surface area contributed by atoms with Gasteiger partial charge in [-0.15, -0.1) is 0 Å². The normalized spacial score (nSPS) is 16.3. The van der Waals surface area contributed by atoms with Gasteiger partial charge in [-0.2, -0.15) is 0 Å². The number of hydrogen-bond acceptors (Lipinski definition) is 8. The molecule has 14 nitrogen and oxygen atoms in total. The predicted molar refractivity (Wildman–Crippen MR) is 168 cm³/mol. The van der Waals surface area contributed by atoms with Crippen LogP contribution >= 0.6 is 0 Å². The molecule has 0 aliphatic carbocycles. The van der Waals surface area contributed by atoms with E-state index in [0.29, 0.717) is 71.2 Å². The average Bonchev–Trinajstić information content (AvgIpc) is 3.03. The average molecular weight is 625 g/mol. The first-order chi connectivity index (χ1) is 21.1. The van der Waals surface area contributed by atoms with E-state index in [1.165, 1.54) is 0 Å². The highest BCUT2D eigenvalue weighted by molar-refractivity contribution is 5.96. The summed E-state index contributed by atoms with van der Waals surface area (Å²) in [6.45, 7) is 3.77. The van der Waals surface area contributed by atoms with E-state index < -0.39 is 12.1 Å². The lowest BCUT2D eigenvalue weighted by molar-refractivity contribution is -0.137. The van der Waals surface area contributed by atoms with E-state index in [9.17, 15) is 28.8 Å². The molecule has 6 N–H and O–H groups in total. The van der Waals surface area contributed by atoms with Crippen molar-refractivity contribution in [1.29, 1.82) is 0 Å². The highest BCUT2D eigenvalue weighted by Gasteiger charge is 2.32. The van der Waals surface area contributed by atoms with Crippen molar-refractivity contribution in [3.8, 4) is 0 Å². The minimum Gasteiger partial charge on any atom is -0.359 e. The van der Waals surface area contributed by atoms with E-state index in [2.05, 4.69) is 41.7 Å². The molecule has 2 unspecified atom stereocenters. The zero-order valence-corrected chi connectivity index (χ0v) is 27.2. The summed E-state index contributed by atoms with van der Waals surface area (Å²) in [6.07, 6.45) is 7.67. The number of carbonyl (C=O) groups excluding carboxylic acids is 6. The topological polar surface area (TPSA) is 181 Å². The number of nitrogens with one attached hydrogen (secondary N) is 6. The van der Waals surface area contributed by atoms with Crippen LogP contribution in [0.2, 0.25) is 0 Å². The molecule has 1 saturated heterocycles. The maximum absolute atomic E-state index is 12.7. The number of carbonyl (C=O) groups is 6. The molecule has 0 saturated carbocycles.